The van der Waals surface area contributed by atoms with Gasteiger partial charge in [-0.2, -0.15) is 0 Å². The molecule has 8 rings (SSSR count). The van der Waals surface area contributed by atoms with Gasteiger partial charge in [0, 0.05) is 53.2 Å². The Bertz CT molecular complexity index is 2100. The number of halogens is 1. The van der Waals surface area contributed by atoms with Gasteiger partial charge in [-0.3, -0.25) is 9.88 Å². The largest absolute Gasteiger partial charge is 0.496 e. The number of fused-ring (bicyclic) bond motifs is 4. The Hall–Kier alpha value is -4.47. The minimum absolute atomic E-state index is 0.0566. The summed E-state index contributed by atoms with van der Waals surface area (Å²) in [6, 6.07) is 22.0. The summed E-state index contributed by atoms with van der Waals surface area (Å²) in [6.07, 6.45) is 10.3. The second kappa shape index (κ2) is 17.0. The minimum atomic E-state index is -1.10. The average Bonchev–Trinajstić information content (AvgIpc) is 3.33. The van der Waals surface area contributed by atoms with E-state index in [4.69, 9.17) is 35.5 Å². The highest BCUT2D eigenvalue weighted by Crippen LogP contribution is 2.58. The van der Waals surface area contributed by atoms with Crippen molar-refractivity contribution < 1.29 is 28.8 Å². The number of aryl methyl sites for hydroxylation is 1. The number of carbonyl (C=O) groups is 1. The maximum absolute atomic E-state index is 13.2. The zero-order chi connectivity index (χ0) is 40.4. The third-order valence-electron chi connectivity index (χ3n) is 13.5. The monoisotopic (exact) mass is 807 g/mol. The molecular formula is C48H58ClN3O6. The van der Waals surface area contributed by atoms with E-state index in [1.54, 1.807) is 7.11 Å². The van der Waals surface area contributed by atoms with Crippen molar-refractivity contribution in [1.29, 1.82) is 0 Å². The first-order valence-corrected chi connectivity index (χ1v) is 21.6. The van der Waals surface area contributed by atoms with Crippen LogP contribution in [0.5, 0.6) is 23.0 Å². The molecule has 2 heterocycles. The van der Waals surface area contributed by atoms with Crippen LogP contribution in [0, 0.1) is 11.8 Å². The molecule has 4 aromatic rings. The summed E-state index contributed by atoms with van der Waals surface area (Å²) in [5.41, 5.74) is 5.58. The predicted molar refractivity (Wildman–Crippen MR) is 228 cm³/mol. The number of ether oxygens (including phenoxy) is 4. The lowest BCUT2D eigenvalue weighted by atomic mass is 9.59. The van der Waals surface area contributed by atoms with E-state index in [-0.39, 0.29) is 17.4 Å². The molecule has 1 spiro atoms. The van der Waals surface area contributed by atoms with Gasteiger partial charge in [-0.15, -0.1) is 0 Å². The van der Waals surface area contributed by atoms with Crippen molar-refractivity contribution in [2.45, 2.75) is 108 Å². The Morgan fingerprint density at radius 2 is 1.88 bits per heavy atom. The first-order chi connectivity index (χ1) is 28.1. The number of hydrogen-bond acceptors (Lipinski definition) is 8. The Labute approximate surface area is 348 Å². The number of pyridine rings is 1. The standard InChI is InChI=1S/C48H58ClN3O6/c1-31(30-57-42-15-21-50-40-13-7-9-32(2)45(40)42)23-35-24-34-25-43-44(58-38(16-22-56-43)29-52(3)28-33-10-5-6-14-41(33)55-4)27-39(34)47(35)17-19-48(20-18-47,46(53)54)51-37-12-8-11-36(49)26-37/h5-6,8,10-12,14-15,21,25-27,31-32,35,38,51H,7,9,13,16-20,22-24,28-30H2,1-4H3,(H,53,54)/t31-,32-,35?,38?,47?,48?/m1/s1. The van der Waals surface area contributed by atoms with Crippen LogP contribution in [-0.4, -0.2) is 66.5 Å². The summed E-state index contributed by atoms with van der Waals surface area (Å²) in [7, 11) is 3.83. The number of benzene rings is 3. The van der Waals surface area contributed by atoms with Gasteiger partial charge >= 0.3 is 5.97 Å². The van der Waals surface area contributed by atoms with E-state index in [1.807, 2.05) is 54.7 Å². The van der Waals surface area contributed by atoms with Crippen LogP contribution in [0.25, 0.3) is 0 Å². The van der Waals surface area contributed by atoms with E-state index in [9.17, 15) is 9.90 Å². The van der Waals surface area contributed by atoms with E-state index < -0.39 is 11.5 Å². The molecule has 4 aliphatic rings. The Morgan fingerprint density at radius 1 is 1.05 bits per heavy atom. The average molecular weight is 808 g/mol. The number of carboxylic acid groups (broad SMARTS) is 1. The fraction of sp³-hybridized carbons (Fsp3) is 0.500. The Kier molecular flexibility index (Phi) is 11.8. The number of nitrogens with one attached hydrogen (secondary N) is 1. The minimum Gasteiger partial charge on any atom is -0.496 e. The fourth-order valence-corrected chi connectivity index (χ4v) is 10.7. The van der Waals surface area contributed by atoms with Crippen LogP contribution in [0.15, 0.2) is 72.9 Å². The Morgan fingerprint density at radius 3 is 2.67 bits per heavy atom. The molecule has 3 aromatic carbocycles. The van der Waals surface area contributed by atoms with Crippen LogP contribution in [0.2, 0.25) is 5.02 Å². The van der Waals surface area contributed by atoms with Gasteiger partial charge in [-0.1, -0.05) is 49.7 Å². The number of anilines is 1. The number of para-hydroxylation sites is 1. The molecule has 2 unspecified atom stereocenters. The SMILES string of the molecule is COc1ccccc1CN(C)CC1CCOc2cc3c(cc2O1)C1(CCC(Nc2cccc(Cl)c2)(C(=O)O)CC1)C(C[C@@H](C)COc1ccnc2c1[C@H](C)CCC2)C3. The van der Waals surface area contributed by atoms with Crippen LogP contribution in [0.3, 0.4) is 0 Å². The fourth-order valence-electron chi connectivity index (χ4n) is 10.5. The number of aliphatic carboxylic acids is 1. The van der Waals surface area contributed by atoms with Crippen LogP contribution < -0.4 is 24.3 Å². The highest BCUT2D eigenvalue weighted by Gasteiger charge is 2.54. The zero-order valence-electron chi connectivity index (χ0n) is 34.4. The number of carboxylic acids is 1. The molecule has 0 amide bonds. The van der Waals surface area contributed by atoms with Crippen molar-refractivity contribution in [2.75, 3.05) is 39.2 Å². The highest BCUT2D eigenvalue weighted by molar-refractivity contribution is 6.30. The number of likely N-dealkylation sites (N-methyl/N-ethyl adjacent to an activating group) is 1. The molecule has 3 aliphatic carbocycles. The van der Waals surface area contributed by atoms with Gasteiger partial charge < -0.3 is 29.4 Å². The normalized spacial score (nSPS) is 25.4. The molecular weight excluding hydrogens is 750 g/mol. The summed E-state index contributed by atoms with van der Waals surface area (Å²) >= 11 is 6.34. The van der Waals surface area contributed by atoms with Gasteiger partial charge in [0.1, 0.15) is 23.1 Å². The molecule has 1 aliphatic heterocycles. The third-order valence-corrected chi connectivity index (χ3v) is 13.7. The molecule has 1 aromatic heterocycles. The number of hydrogen-bond donors (Lipinski definition) is 2. The molecule has 4 atom stereocenters. The quantitative estimate of drug-likeness (QED) is 0.137. The molecule has 308 valence electrons. The first-order valence-electron chi connectivity index (χ1n) is 21.2. The number of methoxy groups -OCH3 is 1. The van der Waals surface area contributed by atoms with Gasteiger partial charge in [0.15, 0.2) is 11.5 Å². The van der Waals surface area contributed by atoms with Gasteiger partial charge in [0.2, 0.25) is 0 Å². The summed E-state index contributed by atoms with van der Waals surface area (Å²) in [4.78, 5) is 20.1. The van der Waals surface area contributed by atoms with Crippen molar-refractivity contribution in [1.82, 2.24) is 9.88 Å². The number of rotatable bonds is 13. The van der Waals surface area contributed by atoms with Crippen LogP contribution >= 0.6 is 11.6 Å². The van der Waals surface area contributed by atoms with E-state index in [0.29, 0.717) is 42.9 Å². The summed E-state index contributed by atoms with van der Waals surface area (Å²) in [6.45, 7) is 7.26. The van der Waals surface area contributed by atoms with E-state index in [2.05, 4.69) is 49.3 Å². The van der Waals surface area contributed by atoms with Crippen molar-refractivity contribution in [3.8, 4) is 23.0 Å². The van der Waals surface area contributed by atoms with Crippen molar-refractivity contribution in [2.24, 2.45) is 11.8 Å². The van der Waals surface area contributed by atoms with Crippen molar-refractivity contribution in [3.63, 3.8) is 0 Å². The number of nitrogens with zero attached hydrogens (tertiary/aromatic N) is 2. The highest BCUT2D eigenvalue weighted by atomic mass is 35.5. The molecule has 0 saturated heterocycles. The maximum Gasteiger partial charge on any atom is 0.329 e. The molecule has 0 radical (unpaired) electrons. The van der Waals surface area contributed by atoms with E-state index >= 15 is 0 Å². The van der Waals surface area contributed by atoms with Crippen molar-refractivity contribution in [3.05, 3.63) is 106 Å². The first kappa shape index (κ1) is 40.3. The van der Waals surface area contributed by atoms with Gasteiger partial charge in [0.25, 0.3) is 0 Å². The maximum atomic E-state index is 13.2. The second-order valence-electron chi connectivity index (χ2n) is 17.5. The van der Waals surface area contributed by atoms with Crippen molar-refractivity contribution >= 4 is 23.3 Å². The molecule has 10 heteroatoms. The molecule has 2 N–H and O–H groups in total. The molecule has 9 nitrogen and oxygen atoms in total. The van der Waals surface area contributed by atoms with Crippen LogP contribution in [0.4, 0.5) is 5.69 Å². The summed E-state index contributed by atoms with van der Waals surface area (Å²) in [5, 5.41) is 14.8. The third kappa shape index (κ3) is 8.22. The summed E-state index contributed by atoms with van der Waals surface area (Å²) < 4.78 is 25.6. The molecule has 58 heavy (non-hydrogen) atoms. The lowest BCUT2D eigenvalue weighted by Crippen LogP contribution is -2.53. The molecule has 1 fully saturated rings. The summed E-state index contributed by atoms with van der Waals surface area (Å²) in [5.74, 6) is 3.65. The van der Waals surface area contributed by atoms with Gasteiger partial charge in [-0.05, 0) is 142 Å². The molecule has 1 saturated carbocycles. The predicted octanol–water partition coefficient (Wildman–Crippen LogP) is 9.87. The van der Waals surface area contributed by atoms with E-state index in [1.165, 1.54) is 28.8 Å². The molecule has 0 bridgehead atoms. The smallest absolute Gasteiger partial charge is 0.329 e. The van der Waals surface area contributed by atoms with E-state index in [0.717, 1.165) is 92.3 Å². The van der Waals surface area contributed by atoms with Crippen LogP contribution in [-0.2, 0) is 29.6 Å². The lowest BCUT2D eigenvalue weighted by molar-refractivity contribution is -0.144. The Balaban J connectivity index is 1.05. The lowest BCUT2D eigenvalue weighted by Gasteiger charge is -2.47. The zero-order valence-corrected chi connectivity index (χ0v) is 35.2. The second-order valence-corrected chi connectivity index (χ2v) is 18.0. The topological polar surface area (TPSA) is 102 Å². The number of aromatic nitrogens is 1. The van der Waals surface area contributed by atoms with Gasteiger partial charge in [-0.25, -0.2) is 4.79 Å². The van der Waals surface area contributed by atoms with Crippen LogP contribution in [0.1, 0.15) is 99.1 Å². The van der Waals surface area contributed by atoms with Gasteiger partial charge in [0.05, 0.1) is 20.3 Å².